The Bertz CT molecular complexity index is 747. The summed E-state index contributed by atoms with van der Waals surface area (Å²) in [5, 5.41) is 2.74. The van der Waals surface area contributed by atoms with E-state index in [2.05, 4.69) is 10.3 Å². The number of hydrogen-bond acceptors (Lipinski definition) is 5. The highest BCUT2D eigenvalue weighted by Gasteiger charge is 2.13. The third-order valence-corrected chi connectivity index (χ3v) is 3.82. The lowest BCUT2D eigenvalue weighted by Crippen LogP contribution is -2.33. The first-order chi connectivity index (χ1) is 13.1. The van der Waals surface area contributed by atoms with Crippen molar-refractivity contribution < 1.29 is 19.0 Å². The molecule has 144 valence electrons. The van der Waals surface area contributed by atoms with E-state index in [1.165, 1.54) is 0 Å². The highest BCUT2D eigenvalue weighted by atomic mass is 16.5. The van der Waals surface area contributed by atoms with Gasteiger partial charge in [-0.3, -0.25) is 10.1 Å². The lowest BCUT2D eigenvalue weighted by atomic mass is 10.1. The number of benzene rings is 2. The number of hydrogen-bond donors (Lipinski definition) is 1. The van der Waals surface area contributed by atoms with Crippen LogP contribution in [-0.4, -0.2) is 38.9 Å². The van der Waals surface area contributed by atoms with Crippen LogP contribution in [0.4, 0.5) is 0 Å². The van der Waals surface area contributed by atoms with Gasteiger partial charge in [0.15, 0.2) is 0 Å². The van der Waals surface area contributed by atoms with Gasteiger partial charge in [0.2, 0.25) is 0 Å². The normalized spacial score (nSPS) is 12.3. The monoisotopic (exact) mass is 370 g/mol. The SMILES string of the molecule is CCOCCOC(=N[C@@H](C)c1ccccc1)NC(=O)c1cccc(OC)c1. The number of aliphatic imine (C=N–C) groups is 1. The maximum Gasteiger partial charge on any atom is 0.292 e. The summed E-state index contributed by atoms with van der Waals surface area (Å²) in [5.74, 6) is 0.292. The quantitative estimate of drug-likeness (QED) is 0.438. The molecule has 27 heavy (non-hydrogen) atoms. The molecule has 0 radical (unpaired) electrons. The van der Waals surface area contributed by atoms with Crippen LogP contribution in [0.3, 0.4) is 0 Å². The second kappa shape index (κ2) is 11.0. The molecular weight excluding hydrogens is 344 g/mol. The van der Waals surface area contributed by atoms with Gasteiger partial charge < -0.3 is 14.2 Å². The van der Waals surface area contributed by atoms with Crippen LogP contribution in [0.2, 0.25) is 0 Å². The van der Waals surface area contributed by atoms with Crippen LogP contribution in [0.15, 0.2) is 59.6 Å². The highest BCUT2D eigenvalue weighted by molar-refractivity contribution is 6.04. The van der Waals surface area contributed by atoms with Crippen LogP contribution >= 0.6 is 0 Å². The van der Waals surface area contributed by atoms with Gasteiger partial charge in [0.25, 0.3) is 11.9 Å². The minimum absolute atomic E-state index is 0.166. The molecule has 0 saturated carbocycles. The molecular formula is C21H26N2O4. The van der Waals surface area contributed by atoms with Crippen LogP contribution in [0, 0.1) is 0 Å². The summed E-state index contributed by atoms with van der Waals surface area (Å²) in [7, 11) is 1.56. The molecule has 0 heterocycles. The number of nitrogens with one attached hydrogen (secondary N) is 1. The van der Waals surface area contributed by atoms with E-state index < -0.39 is 0 Å². The maximum atomic E-state index is 12.6. The minimum Gasteiger partial charge on any atom is -0.497 e. The van der Waals surface area contributed by atoms with E-state index in [0.29, 0.717) is 31.1 Å². The summed E-state index contributed by atoms with van der Waals surface area (Å²) >= 11 is 0. The fourth-order valence-electron chi connectivity index (χ4n) is 2.36. The zero-order valence-electron chi connectivity index (χ0n) is 16.0. The molecule has 0 fully saturated rings. The Hall–Kier alpha value is -2.86. The number of nitrogens with zero attached hydrogens (tertiary/aromatic N) is 1. The lowest BCUT2D eigenvalue weighted by molar-refractivity contribution is 0.0921. The molecule has 0 aromatic heterocycles. The van der Waals surface area contributed by atoms with Crippen molar-refractivity contribution in [3.8, 4) is 5.75 Å². The van der Waals surface area contributed by atoms with E-state index in [1.807, 2.05) is 44.2 Å². The largest absolute Gasteiger partial charge is 0.497 e. The molecule has 0 bridgehead atoms. The fourth-order valence-corrected chi connectivity index (χ4v) is 2.36. The van der Waals surface area contributed by atoms with Gasteiger partial charge in [-0.1, -0.05) is 36.4 Å². The first kappa shape index (κ1) is 20.5. The Morgan fingerprint density at radius 1 is 1.11 bits per heavy atom. The molecule has 6 heteroatoms. The molecule has 1 amide bonds. The molecule has 0 aliphatic heterocycles. The van der Waals surface area contributed by atoms with Crippen molar-refractivity contribution in [2.75, 3.05) is 26.9 Å². The van der Waals surface area contributed by atoms with Crippen LogP contribution in [-0.2, 0) is 9.47 Å². The van der Waals surface area contributed by atoms with Gasteiger partial charge in [0, 0.05) is 12.2 Å². The van der Waals surface area contributed by atoms with Crippen LogP contribution in [0.5, 0.6) is 5.75 Å². The number of carbonyl (C=O) groups excluding carboxylic acids is 1. The number of rotatable bonds is 8. The van der Waals surface area contributed by atoms with Gasteiger partial charge in [0.05, 0.1) is 19.8 Å². The molecule has 2 aromatic rings. The Balaban J connectivity index is 2.13. The van der Waals surface area contributed by atoms with Crippen molar-refractivity contribution in [3.05, 3.63) is 65.7 Å². The van der Waals surface area contributed by atoms with Gasteiger partial charge >= 0.3 is 0 Å². The first-order valence-corrected chi connectivity index (χ1v) is 8.92. The second-order valence-corrected chi connectivity index (χ2v) is 5.75. The maximum absolute atomic E-state index is 12.6. The molecule has 1 N–H and O–H groups in total. The molecule has 2 rings (SSSR count). The molecule has 0 unspecified atom stereocenters. The molecule has 0 aliphatic rings. The number of amides is 1. The Labute approximate surface area is 160 Å². The summed E-state index contributed by atoms with van der Waals surface area (Å²) in [6, 6.07) is 16.7. The zero-order valence-corrected chi connectivity index (χ0v) is 16.0. The summed E-state index contributed by atoms with van der Waals surface area (Å²) in [6.45, 7) is 5.18. The van der Waals surface area contributed by atoms with Crippen LogP contribution in [0.25, 0.3) is 0 Å². The second-order valence-electron chi connectivity index (χ2n) is 5.75. The third kappa shape index (κ3) is 6.75. The van der Waals surface area contributed by atoms with Crippen molar-refractivity contribution in [2.45, 2.75) is 19.9 Å². The van der Waals surface area contributed by atoms with Gasteiger partial charge in [0.1, 0.15) is 12.4 Å². The lowest BCUT2D eigenvalue weighted by Gasteiger charge is -2.14. The van der Waals surface area contributed by atoms with E-state index in [4.69, 9.17) is 14.2 Å². The number of ether oxygens (including phenoxy) is 3. The molecule has 6 nitrogen and oxygen atoms in total. The molecule has 2 aromatic carbocycles. The fraction of sp³-hybridized carbons (Fsp3) is 0.333. The predicted molar refractivity (Wildman–Crippen MR) is 105 cm³/mol. The molecule has 0 aliphatic carbocycles. The van der Waals surface area contributed by atoms with E-state index in [9.17, 15) is 4.79 Å². The molecule has 0 spiro atoms. The first-order valence-electron chi connectivity index (χ1n) is 8.92. The summed E-state index contributed by atoms with van der Waals surface area (Å²) in [5.41, 5.74) is 1.49. The van der Waals surface area contributed by atoms with E-state index in [0.717, 1.165) is 5.56 Å². The number of methoxy groups -OCH3 is 1. The van der Waals surface area contributed by atoms with Gasteiger partial charge in [-0.25, -0.2) is 4.99 Å². The number of carbonyl (C=O) groups is 1. The molecule has 1 atom stereocenters. The van der Waals surface area contributed by atoms with Gasteiger partial charge in [-0.05, 0) is 37.6 Å². The van der Waals surface area contributed by atoms with E-state index >= 15 is 0 Å². The number of amidine groups is 1. The van der Waals surface area contributed by atoms with Crippen molar-refractivity contribution in [2.24, 2.45) is 4.99 Å². The Morgan fingerprint density at radius 3 is 2.59 bits per heavy atom. The zero-order chi connectivity index (χ0) is 19.5. The standard InChI is InChI=1S/C21H26N2O4/c1-4-26-13-14-27-21(22-16(2)17-9-6-5-7-10-17)23-20(24)18-11-8-12-19(15-18)25-3/h5-12,15-16H,4,13-14H2,1-3H3,(H,22,23,24)/t16-/m0/s1. The van der Waals surface area contributed by atoms with Gasteiger partial charge in [-0.2, -0.15) is 0 Å². The molecule has 0 saturated heterocycles. The average molecular weight is 370 g/mol. The topological polar surface area (TPSA) is 69.2 Å². The smallest absolute Gasteiger partial charge is 0.292 e. The predicted octanol–water partition coefficient (Wildman–Crippen LogP) is 3.60. The summed E-state index contributed by atoms with van der Waals surface area (Å²) in [4.78, 5) is 17.1. The van der Waals surface area contributed by atoms with Crippen molar-refractivity contribution >= 4 is 11.9 Å². The third-order valence-electron chi connectivity index (χ3n) is 3.82. The van der Waals surface area contributed by atoms with E-state index in [-0.39, 0.29) is 18.0 Å². The van der Waals surface area contributed by atoms with Crippen LogP contribution < -0.4 is 10.1 Å². The van der Waals surface area contributed by atoms with Crippen molar-refractivity contribution in [1.29, 1.82) is 0 Å². The Morgan fingerprint density at radius 2 is 1.89 bits per heavy atom. The van der Waals surface area contributed by atoms with E-state index in [1.54, 1.807) is 31.4 Å². The highest BCUT2D eigenvalue weighted by Crippen LogP contribution is 2.16. The van der Waals surface area contributed by atoms with Gasteiger partial charge in [-0.15, -0.1) is 0 Å². The summed E-state index contributed by atoms with van der Waals surface area (Å²) < 4.78 is 16.1. The minimum atomic E-state index is -0.315. The Kier molecular flexibility index (Phi) is 8.32. The average Bonchev–Trinajstić information content (AvgIpc) is 2.71. The van der Waals surface area contributed by atoms with Crippen LogP contribution in [0.1, 0.15) is 35.8 Å². The van der Waals surface area contributed by atoms with Crippen molar-refractivity contribution in [1.82, 2.24) is 5.32 Å². The van der Waals surface area contributed by atoms with Crippen molar-refractivity contribution in [3.63, 3.8) is 0 Å². The summed E-state index contributed by atoms with van der Waals surface area (Å²) in [6.07, 6.45) is 0.